The van der Waals surface area contributed by atoms with Crippen LogP contribution in [-0.2, 0) is 13.0 Å². The SMILES string of the molecule is NN/C(=C(\N)c1ccnc(-c2cn(CCc3ccc(Cl)cc3)cn2)c1)C(F)(F)F. The van der Waals surface area contributed by atoms with Crippen LogP contribution in [0.5, 0.6) is 0 Å². The molecule has 0 saturated carbocycles. The number of benzene rings is 1. The molecule has 2 heterocycles. The summed E-state index contributed by atoms with van der Waals surface area (Å²) in [5, 5.41) is 0.677. The molecular formula is C19H18ClF3N6. The van der Waals surface area contributed by atoms with Crippen molar-refractivity contribution in [2.24, 2.45) is 11.6 Å². The third-order valence-electron chi connectivity index (χ3n) is 4.24. The van der Waals surface area contributed by atoms with E-state index in [-0.39, 0.29) is 5.56 Å². The maximum Gasteiger partial charge on any atom is 0.434 e. The zero-order valence-corrected chi connectivity index (χ0v) is 15.9. The van der Waals surface area contributed by atoms with Crippen molar-refractivity contribution >= 4 is 17.3 Å². The summed E-state index contributed by atoms with van der Waals surface area (Å²) in [6.45, 7) is 0.672. The molecule has 0 spiro atoms. The Morgan fingerprint density at radius 2 is 1.83 bits per heavy atom. The topological polar surface area (TPSA) is 94.8 Å². The normalized spacial score (nSPS) is 12.6. The van der Waals surface area contributed by atoms with Gasteiger partial charge in [-0.25, -0.2) is 4.98 Å². The molecule has 29 heavy (non-hydrogen) atoms. The first-order valence-electron chi connectivity index (χ1n) is 8.54. The highest BCUT2D eigenvalue weighted by atomic mass is 35.5. The van der Waals surface area contributed by atoms with E-state index >= 15 is 0 Å². The fourth-order valence-corrected chi connectivity index (χ4v) is 2.84. The van der Waals surface area contributed by atoms with Crippen molar-refractivity contribution in [3.05, 3.63) is 77.0 Å². The van der Waals surface area contributed by atoms with Crippen LogP contribution in [0.15, 0.2) is 60.8 Å². The maximum atomic E-state index is 13.0. The molecule has 0 bridgehead atoms. The average molecular weight is 423 g/mol. The van der Waals surface area contributed by atoms with Crippen molar-refractivity contribution in [1.82, 2.24) is 20.0 Å². The van der Waals surface area contributed by atoms with Crippen molar-refractivity contribution in [2.75, 3.05) is 0 Å². The molecule has 152 valence electrons. The molecule has 2 aromatic heterocycles. The van der Waals surface area contributed by atoms with E-state index in [0.29, 0.717) is 23.0 Å². The van der Waals surface area contributed by atoms with E-state index in [9.17, 15) is 13.2 Å². The number of aryl methyl sites for hydroxylation is 2. The highest BCUT2D eigenvalue weighted by molar-refractivity contribution is 6.30. The van der Waals surface area contributed by atoms with Crippen LogP contribution in [-0.4, -0.2) is 20.7 Å². The predicted octanol–water partition coefficient (Wildman–Crippen LogP) is 3.49. The molecule has 3 aromatic rings. The molecule has 0 amide bonds. The molecule has 10 heteroatoms. The molecule has 5 N–H and O–H groups in total. The average Bonchev–Trinajstić information content (AvgIpc) is 3.16. The molecule has 0 aliphatic rings. The Hall–Kier alpha value is -3.04. The Kier molecular flexibility index (Phi) is 6.09. The smallest absolute Gasteiger partial charge is 0.397 e. The zero-order valence-electron chi connectivity index (χ0n) is 15.1. The van der Waals surface area contributed by atoms with Gasteiger partial charge in [0.25, 0.3) is 0 Å². The van der Waals surface area contributed by atoms with Gasteiger partial charge in [0.15, 0.2) is 5.70 Å². The summed E-state index contributed by atoms with van der Waals surface area (Å²) in [6.07, 6.45) is 0.850. The summed E-state index contributed by atoms with van der Waals surface area (Å²) in [4.78, 5) is 8.47. The summed E-state index contributed by atoms with van der Waals surface area (Å²) in [5.74, 6) is 4.99. The van der Waals surface area contributed by atoms with E-state index in [2.05, 4.69) is 9.97 Å². The lowest BCUT2D eigenvalue weighted by atomic mass is 10.1. The van der Waals surface area contributed by atoms with Crippen LogP contribution in [0.2, 0.25) is 5.02 Å². The molecule has 0 aliphatic heterocycles. The summed E-state index contributed by atoms with van der Waals surface area (Å²) < 4.78 is 40.9. The first kappa shape index (κ1) is 20.7. The van der Waals surface area contributed by atoms with Gasteiger partial charge in [0.2, 0.25) is 0 Å². The van der Waals surface area contributed by atoms with Crippen molar-refractivity contribution in [1.29, 1.82) is 0 Å². The van der Waals surface area contributed by atoms with Gasteiger partial charge in [0.05, 0.1) is 17.7 Å². The predicted molar refractivity (Wildman–Crippen MR) is 105 cm³/mol. The number of aromatic nitrogens is 3. The molecule has 1 aromatic carbocycles. The van der Waals surface area contributed by atoms with Crippen LogP contribution in [0.1, 0.15) is 11.1 Å². The number of allylic oxidation sites excluding steroid dienone is 1. The second kappa shape index (κ2) is 8.54. The van der Waals surface area contributed by atoms with Gasteiger partial charge in [0, 0.05) is 29.5 Å². The zero-order chi connectivity index (χ0) is 21.0. The Morgan fingerprint density at radius 1 is 1.10 bits per heavy atom. The minimum absolute atomic E-state index is 0.135. The number of hydrogen-bond donors (Lipinski definition) is 3. The van der Waals surface area contributed by atoms with Crippen LogP contribution in [0.3, 0.4) is 0 Å². The van der Waals surface area contributed by atoms with Gasteiger partial charge in [-0.3, -0.25) is 10.8 Å². The van der Waals surface area contributed by atoms with Crippen LogP contribution < -0.4 is 17.0 Å². The summed E-state index contributed by atoms with van der Waals surface area (Å²) in [5.41, 5.74) is 7.72. The fraction of sp³-hybridized carbons (Fsp3) is 0.158. The summed E-state index contributed by atoms with van der Waals surface area (Å²) >= 11 is 5.88. The van der Waals surface area contributed by atoms with Gasteiger partial charge in [-0.2, -0.15) is 13.2 Å². The van der Waals surface area contributed by atoms with Crippen LogP contribution in [0, 0.1) is 0 Å². The molecule has 3 rings (SSSR count). The van der Waals surface area contributed by atoms with E-state index in [0.717, 1.165) is 12.0 Å². The Morgan fingerprint density at radius 3 is 2.48 bits per heavy atom. The highest BCUT2D eigenvalue weighted by Gasteiger charge is 2.36. The number of hydrogen-bond acceptors (Lipinski definition) is 5. The Balaban J connectivity index is 1.79. The van der Waals surface area contributed by atoms with Gasteiger partial charge >= 0.3 is 6.18 Å². The largest absolute Gasteiger partial charge is 0.434 e. The van der Waals surface area contributed by atoms with Crippen molar-refractivity contribution < 1.29 is 13.2 Å². The lowest BCUT2D eigenvalue weighted by Crippen LogP contribution is -2.34. The summed E-state index contributed by atoms with van der Waals surface area (Å²) in [7, 11) is 0. The molecule has 0 atom stereocenters. The van der Waals surface area contributed by atoms with E-state index < -0.39 is 17.6 Å². The standard InChI is InChI=1S/C19H18ClF3N6/c20-14-3-1-12(2-4-14)6-8-29-10-16(27-11-29)15-9-13(5-7-26-15)17(24)18(28-25)19(21,22)23/h1-5,7,9-11,28H,6,8,24-25H2/b18-17-. The Bertz CT molecular complexity index is 1010. The molecule has 0 radical (unpaired) electrons. The van der Waals surface area contributed by atoms with Gasteiger partial charge in [0.1, 0.15) is 5.69 Å². The molecule has 0 unspecified atom stereocenters. The maximum absolute atomic E-state index is 13.0. The lowest BCUT2D eigenvalue weighted by molar-refractivity contribution is -0.0961. The Labute approximate surface area is 170 Å². The number of nitrogens with zero attached hydrogens (tertiary/aromatic N) is 3. The minimum Gasteiger partial charge on any atom is -0.397 e. The van der Waals surface area contributed by atoms with Crippen LogP contribution >= 0.6 is 11.6 Å². The van der Waals surface area contributed by atoms with Crippen molar-refractivity contribution in [3.63, 3.8) is 0 Å². The van der Waals surface area contributed by atoms with Crippen molar-refractivity contribution in [2.45, 2.75) is 19.1 Å². The van der Waals surface area contributed by atoms with Gasteiger partial charge in [-0.1, -0.05) is 23.7 Å². The monoisotopic (exact) mass is 422 g/mol. The van der Waals surface area contributed by atoms with E-state index in [1.165, 1.54) is 18.3 Å². The first-order valence-corrected chi connectivity index (χ1v) is 8.92. The van der Waals surface area contributed by atoms with Crippen LogP contribution in [0.25, 0.3) is 17.1 Å². The number of halogens is 4. The van der Waals surface area contributed by atoms with Gasteiger partial charge in [-0.15, -0.1) is 0 Å². The molecule has 0 aliphatic carbocycles. The van der Waals surface area contributed by atoms with Gasteiger partial charge < -0.3 is 15.7 Å². The number of pyridine rings is 1. The number of nitrogens with one attached hydrogen (secondary N) is 1. The fourth-order valence-electron chi connectivity index (χ4n) is 2.72. The molecular weight excluding hydrogens is 405 g/mol. The second-order valence-electron chi connectivity index (χ2n) is 6.23. The quantitative estimate of drug-likeness (QED) is 0.417. The third kappa shape index (κ3) is 5.07. The molecule has 0 saturated heterocycles. The molecule has 6 nitrogen and oxygen atoms in total. The van der Waals surface area contributed by atoms with Gasteiger partial charge in [-0.05, 0) is 36.2 Å². The summed E-state index contributed by atoms with van der Waals surface area (Å²) in [6, 6.07) is 10.4. The number of hydrazine groups is 1. The lowest BCUT2D eigenvalue weighted by Gasteiger charge is -2.14. The number of nitrogens with two attached hydrogens (primary N) is 2. The molecule has 0 fully saturated rings. The number of alkyl halides is 3. The highest BCUT2D eigenvalue weighted by Crippen LogP contribution is 2.28. The van der Waals surface area contributed by atoms with Crippen LogP contribution in [0.4, 0.5) is 13.2 Å². The van der Waals surface area contributed by atoms with E-state index in [4.69, 9.17) is 23.2 Å². The number of rotatable bonds is 6. The minimum atomic E-state index is -4.70. The third-order valence-corrected chi connectivity index (χ3v) is 4.49. The van der Waals surface area contributed by atoms with E-state index in [1.807, 2.05) is 28.8 Å². The second-order valence-corrected chi connectivity index (χ2v) is 6.67. The first-order chi connectivity index (χ1) is 13.8. The van der Waals surface area contributed by atoms with E-state index in [1.54, 1.807) is 17.9 Å². The van der Waals surface area contributed by atoms with Crippen molar-refractivity contribution in [3.8, 4) is 11.4 Å². The number of imidazole rings is 1.